The Morgan fingerprint density at radius 2 is 1.93 bits per heavy atom. The van der Waals surface area contributed by atoms with Crippen LogP contribution in [0.5, 0.6) is 0 Å². The van der Waals surface area contributed by atoms with Crippen LogP contribution in [0.2, 0.25) is 0 Å². The van der Waals surface area contributed by atoms with Crippen LogP contribution in [0.15, 0.2) is 46.3 Å². The second-order valence-electron chi connectivity index (χ2n) is 6.27. The Morgan fingerprint density at radius 3 is 2.52 bits per heavy atom. The van der Waals surface area contributed by atoms with Crippen molar-refractivity contribution < 1.29 is 17.7 Å². The molecule has 1 N–H and O–H groups in total. The summed E-state index contributed by atoms with van der Waals surface area (Å²) in [5.74, 6) is 0.314. The number of carbonyl (C=O) groups excluding carboxylic acids is 1. The summed E-state index contributed by atoms with van der Waals surface area (Å²) in [4.78, 5) is 14.1. The first-order valence-electron chi connectivity index (χ1n) is 8.37. The van der Waals surface area contributed by atoms with E-state index in [1.165, 1.54) is 6.08 Å². The highest BCUT2D eigenvalue weighted by Gasteiger charge is 2.22. The third-order valence-corrected chi connectivity index (χ3v) is 5.12. The van der Waals surface area contributed by atoms with Crippen LogP contribution >= 0.6 is 0 Å². The average Bonchev–Trinajstić information content (AvgIpc) is 3.02. The van der Waals surface area contributed by atoms with Gasteiger partial charge in [0.25, 0.3) is 0 Å². The van der Waals surface area contributed by atoms with Crippen LogP contribution in [0, 0.1) is 6.92 Å². The van der Waals surface area contributed by atoms with E-state index in [1.807, 2.05) is 37.2 Å². The molecular formula is C18H24N4O4S. The van der Waals surface area contributed by atoms with Gasteiger partial charge in [-0.1, -0.05) is 35.5 Å². The van der Waals surface area contributed by atoms with E-state index in [4.69, 9.17) is 4.52 Å². The molecular weight excluding hydrogens is 368 g/mol. The van der Waals surface area contributed by atoms with Crippen molar-refractivity contribution in [2.45, 2.75) is 6.92 Å². The zero-order valence-electron chi connectivity index (χ0n) is 15.6. The Balaban J connectivity index is 2.11. The van der Waals surface area contributed by atoms with Crippen molar-refractivity contribution in [3.63, 3.8) is 0 Å². The normalized spacial score (nSPS) is 12.2. The maximum Gasteiger partial charge on any atom is 0.240 e. The molecule has 1 aromatic heterocycles. The molecule has 0 aliphatic heterocycles. The molecule has 0 radical (unpaired) electrons. The van der Waals surface area contributed by atoms with Crippen LogP contribution in [0.25, 0.3) is 6.08 Å². The Labute approximate surface area is 159 Å². The van der Waals surface area contributed by atoms with Gasteiger partial charge in [-0.2, -0.15) is 4.31 Å². The summed E-state index contributed by atoms with van der Waals surface area (Å²) in [7, 11) is -0.105. The molecule has 2 rings (SSSR count). The molecule has 0 atom stereocenters. The second-order valence-corrected chi connectivity index (χ2v) is 8.08. The topological polar surface area (TPSA) is 95.8 Å². The zero-order chi connectivity index (χ0) is 19.9. The minimum atomic E-state index is -3.78. The van der Waals surface area contributed by atoms with Gasteiger partial charge in [-0.25, -0.2) is 8.42 Å². The average molecular weight is 392 g/mol. The number of likely N-dealkylation sites (N-methyl/N-ethyl adjacent to an activating group) is 1. The minimum absolute atomic E-state index is 0.180. The smallest absolute Gasteiger partial charge is 0.240 e. The van der Waals surface area contributed by atoms with Gasteiger partial charge in [0.1, 0.15) is 5.76 Å². The van der Waals surface area contributed by atoms with E-state index < -0.39 is 15.9 Å². The van der Waals surface area contributed by atoms with E-state index >= 15 is 0 Å². The molecule has 2 aromatic rings. The van der Waals surface area contributed by atoms with Gasteiger partial charge in [-0.15, -0.1) is 0 Å². The number of rotatable bonds is 9. The van der Waals surface area contributed by atoms with E-state index in [0.29, 0.717) is 12.3 Å². The summed E-state index contributed by atoms with van der Waals surface area (Å²) in [5.41, 5.74) is 0.760. The van der Waals surface area contributed by atoms with Crippen molar-refractivity contribution in [1.82, 2.24) is 14.4 Å². The molecule has 146 valence electrons. The van der Waals surface area contributed by atoms with Gasteiger partial charge in [0, 0.05) is 24.6 Å². The van der Waals surface area contributed by atoms with Crippen LogP contribution in [-0.4, -0.2) is 62.4 Å². The van der Waals surface area contributed by atoms with Gasteiger partial charge in [0.05, 0.1) is 6.54 Å². The van der Waals surface area contributed by atoms with Crippen molar-refractivity contribution in [2.24, 2.45) is 0 Å². The molecule has 0 aliphatic rings. The van der Waals surface area contributed by atoms with E-state index in [2.05, 4.69) is 10.5 Å². The number of sulfonamides is 1. The summed E-state index contributed by atoms with van der Waals surface area (Å²) >= 11 is 0. The van der Waals surface area contributed by atoms with Crippen LogP contribution in [0.3, 0.4) is 0 Å². The highest BCUT2D eigenvalue weighted by atomic mass is 32.2. The van der Waals surface area contributed by atoms with Crippen molar-refractivity contribution >= 4 is 27.8 Å². The molecule has 1 heterocycles. The first-order valence-corrected chi connectivity index (χ1v) is 9.88. The number of carbonyl (C=O) groups is 1. The van der Waals surface area contributed by atoms with Gasteiger partial charge in [0.15, 0.2) is 5.82 Å². The first-order chi connectivity index (χ1) is 12.8. The second kappa shape index (κ2) is 9.45. The Morgan fingerprint density at radius 1 is 1.22 bits per heavy atom. The summed E-state index contributed by atoms with van der Waals surface area (Å²) in [5, 5.41) is 7.33. The predicted molar refractivity (Wildman–Crippen MR) is 104 cm³/mol. The lowest BCUT2D eigenvalue weighted by Gasteiger charge is -2.21. The van der Waals surface area contributed by atoms with Crippen LogP contribution in [0.4, 0.5) is 5.82 Å². The SMILES string of the molecule is Cc1cc(NC(=O)CN(CCN(C)C)S(=O)(=O)C=Cc2ccccc2)no1. The molecule has 0 saturated heterocycles. The third-order valence-electron chi connectivity index (χ3n) is 3.60. The Kier molecular flexibility index (Phi) is 7.28. The number of amides is 1. The molecule has 8 nitrogen and oxygen atoms in total. The summed E-state index contributed by atoms with van der Waals surface area (Å²) < 4.78 is 31.5. The maximum absolute atomic E-state index is 12.7. The highest BCUT2D eigenvalue weighted by molar-refractivity contribution is 7.92. The number of aryl methyl sites for hydroxylation is 1. The van der Waals surface area contributed by atoms with Crippen molar-refractivity contribution in [3.05, 3.63) is 53.1 Å². The fourth-order valence-electron chi connectivity index (χ4n) is 2.19. The minimum Gasteiger partial charge on any atom is -0.360 e. The molecule has 0 fully saturated rings. The van der Waals surface area contributed by atoms with Gasteiger partial charge in [-0.05, 0) is 32.7 Å². The molecule has 0 bridgehead atoms. The number of nitrogens with zero attached hydrogens (tertiary/aromatic N) is 3. The van der Waals surface area contributed by atoms with Crippen LogP contribution in [0.1, 0.15) is 11.3 Å². The largest absolute Gasteiger partial charge is 0.360 e. The number of aromatic nitrogens is 1. The molecule has 0 saturated carbocycles. The molecule has 0 aliphatic carbocycles. The number of hydrogen-bond donors (Lipinski definition) is 1. The zero-order valence-corrected chi connectivity index (χ0v) is 16.4. The standard InChI is InChI=1S/C18H24N4O4S/c1-15-13-17(20-26-15)19-18(23)14-22(11-10-21(2)3)27(24,25)12-9-16-7-5-4-6-8-16/h4-9,12-13H,10-11,14H2,1-3H3,(H,19,20,23). The predicted octanol–water partition coefficient (Wildman–Crippen LogP) is 1.79. The molecule has 0 spiro atoms. The first kappa shape index (κ1) is 20.8. The number of anilines is 1. The molecule has 0 unspecified atom stereocenters. The van der Waals surface area contributed by atoms with Crippen LogP contribution < -0.4 is 5.32 Å². The summed E-state index contributed by atoms with van der Waals surface area (Å²) in [6.07, 6.45) is 1.51. The van der Waals surface area contributed by atoms with E-state index in [-0.39, 0.29) is 18.9 Å². The fraction of sp³-hybridized carbons (Fsp3) is 0.333. The molecule has 1 amide bonds. The molecule has 9 heteroatoms. The lowest BCUT2D eigenvalue weighted by Crippen LogP contribution is -2.40. The van der Waals surface area contributed by atoms with Crippen molar-refractivity contribution in [2.75, 3.05) is 39.0 Å². The van der Waals surface area contributed by atoms with Gasteiger partial charge in [-0.3, -0.25) is 4.79 Å². The molecule has 1 aromatic carbocycles. The molecule has 27 heavy (non-hydrogen) atoms. The number of nitrogens with one attached hydrogen (secondary N) is 1. The van der Waals surface area contributed by atoms with E-state index in [0.717, 1.165) is 15.3 Å². The lowest BCUT2D eigenvalue weighted by atomic mass is 10.2. The monoisotopic (exact) mass is 392 g/mol. The van der Waals surface area contributed by atoms with Crippen molar-refractivity contribution in [3.8, 4) is 0 Å². The fourth-order valence-corrected chi connectivity index (χ4v) is 3.32. The van der Waals surface area contributed by atoms with Crippen LogP contribution in [-0.2, 0) is 14.8 Å². The highest BCUT2D eigenvalue weighted by Crippen LogP contribution is 2.10. The van der Waals surface area contributed by atoms with Crippen molar-refractivity contribution in [1.29, 1.82) is 0 Å². The Hall–Kier alpha value is -2.49. The number of hydrogen-bond acceptors (Lipinski definition) is 6. The van der Waals surface area contributed by atoms with Gasteiger partial charge in [0.2, 0.25) is 15.9 Å². The van der Waals surface area contributed by atoms with Gasteiger partial charge < -0.3 is 14.7 Å². The summed E-state index contributed by atoms with van der Waals surface area (Å²) in [6, 6.07) is 10.7. The number of benzene rings is 1. The Bertz CT molecular complexity index is 876. The van der Waals surface area contributed by atoms with Gasteiger partial charge >= 0.3 is 0 Å². The quantitative estimate of drug-likeness (QED) is 0.699. The maximum atomic E-state index is 12.7. The third kappa shape index (κ3) is 6.97. The van der Waals surface area contributed by atoms with E-state index in [1.54, 1.807) is 25.1 Å². The van der Waals surface area contributed by atoms with E-state index in [9.17, 15) is 13.2 Å². The lowest BCUT2D eigenvalue weighted by molar-refractivity contribution is -0.116. The summed E-state index contributed by atoms with van der Waals surface area (Å²) in [6.45, 7) is 2.04.